The number of nitrogens with one attached hydrogen (secondary N) is 2. The van der Waals surface area contributed by atoms with Crippen LogP contribution in [-0.4, -0.2) is 56.6 Å². The monoisotopic (exact) mass is 450 g/mol. The summed E-state index contributed by atoms with van der Waals surface area (Å²) in [6.45, 7) is 4.98. The van der Waals surface area contributed by atoms with Crippen molar-refractivity contribution in [1.82, 2.24) is 24.4 Å². The van der Waals surface area contributed by atoms with Gasteiger partial charge in [-0.3, -0.25) is 4.90 Å². The molecule has 5 aliphatic rings. The average Bonchev–Trinajstić information content (AvgIpc) is 3.20. The van der Waals surface area contributed by atoms with E-state index in [-0.39, 0.29) is 0 Å². The van der Waals surface area contributed by atoms with Crippen molar-refractivity contribution >= 4 is 23.6 Å². The van der Waals surface area contributed by atoms with Crippen LogP contribution in [0, 0.1) is 5.41 Å². The van der Waals surface area contributed by atoms with Gasteiger partial charge in [0.2, 0.25) is 11.1 Å². The van der Waals surface area contributed by atoms with Gasteiger partial charge in [0, 0.05) is 43.3 Å². The Morgan fingerprint density at radius 2 is 1.69 bits per heavy atom. The lowest BCUT2D eigenvalue weighted by Crippen LogP contribution is -2.39. The molecule has 1 aromatic heterocycles. The van der Waals surface area contributed by atoms with Crippen molar-refractivity contribution in [2.75, 3.05) is 31.5 Å². The number of aromatic nitrogens is 3. The number of anilines is 2. The number of hydrogen-bond acceptors (Lipinski definition) is 6. The second kappa shape index (κ2) is 7.74. The molecule has 0 unspecified atom stereocenters. The number of aryl methyl sites for hydroxylation is 2. The molecule has 2 N–H and O–H groups in total. The van der Waals surface area contributed by atoms with E-state index in [0.29, 0.717) is 5.41 Å². The summed E-state index contributed by atoms with van der Waals surface area (Å²) in [4.78, 5) is 7.59. The number of nitrogens with zero attached hydrogens (tertiary/aromatic N) is 4. The van der Waals surface area contributed by atoms with E-state index < -0.39 is 0 Å². The Bertz CT molecular complexity index is 987. The van der Waals surface area contributed by atoms with E-state index in [1.54, 1.807) is 23.1 Å². The quantitative estimate of drug-likeness (QED) is 0.655. The molecule has 170 valence electrons. The second-order valence-corrected chi connectivity index (χ2v) is 11.9. The smallest absolute Gasteiger partial charge is 0.225 e. The predicted octanol–water partition coefficient (Wildman–Crippen LogP) is 4.48. The van der Waals surface area contributed by atoms with Crippen LogP contribution < -0.4 is 5.32 Å². The first-order valence-electron chi connectivity index (χ1n) is 12.8. The molecule has 7 heteroatoms. The zero-order valence-corrected chi connectivity index (χ0v) is 19.8. The van der Waals surface area contributed by atoms with Gasteiger partial charge < -0.3 is 5.32 Å². The Hall–Kier alpha value is -1.57. The molecule has 7 rings (SSSR count). The summed E-state index contributed by atoms with van der Waals surface area (Å²) in [6.07, 6.45) is 14.3. The minimum atomic E-state index is 0.583. The van der Waals surface area contributed by atoms with E-state index >= 15 is 0 Å². The molecule has 2 aromatic rings. The van der Waals surface area contributed by atoms with Crippen molar-refractivity contribution in [3.05, 3.63) is 28.3 Å². The van der Waals surface area contributed by atoms with Gasteiger partial charge in [0.05, 0.1) is 0 Å². The van der Waals surface area contributed by atoms with E-state index in [1.165, 1.54) is 101 Å². The molecule has 0 amide bonds. The largest absolute Gasteiger partial charge is 0.324 e. The van der Waals surface area contributed by atoms with Crippen LogP contribution in [0.25, 0.3) is 0 Å². The Morgan fingerprint density at radius 3 is 2.41 bits per heavy atom. The van der Waals surface area contributed by atoms with Crippen molar-refractivity contribution in [3.8, 4) is 0 Å². The van der Waals surface area contributed by atoms with Crippen LogP contribution in [0.15, 0.2) is 11.2 Å². The van der Waals surface area contributed by atoms with E-state index in [9.17, 15) is 0 Å². The summed E-state index contributed by atoms with van der Waals surface area (Å²) < 4.78 is 2.48. The fourth-order valence-corrected chi connectivity index (χ4v) is 7.54. The van der Waals surface area contributed by atoms with E-state index in [1.807, 2.05) is 0 Å². The second-order valence-electron chi connectivity index (χ2n) is 10.8. The number of likely N-dealkylation sites (tertiary alicyclic amines) is 1. The fourth-order valence-electron chi connectivity index (χ4n) is 6.73. The standard InChI is InChI=1S/C25H34N6S/c1-3-17-15-18-4-2-6-21(18)22(20(17)5-1)26-23-27-24(29-28-23)32-31-13-10-25(11-14-31)9-12-30(16-25)19-7-8-19/h15,19H,1-14,16H2,(H2,26,27,28,29). The third-order valence-electron chi connectivity index (χ3n) is 8.71. The Morgan fingerprint density at radius 1 is 0.969 bits per heavy atom. The Kier molecular flexibility index (Phi) is 4.80. The molecule has 1 aromatic carbocycles. The SMILES string of the molecule is c1c2c(c(Nc3nc(SN4CCC5(CC4)CCN(C4CC4)C5)n[nH]3)c3c1CCC3)CCC2. The molecule has 0 radical (unpaired) electrons. The molecule has 1 spiro atoms. The summed E-state index contributed by atoms with van der Waals surface area (Å²) in [5, 5.41) is 12.2. The molecule has 0 atom stereocenters. The maximum atomic E-state index is 4.82. The van der Waals surface area contributed by atoms with Gasteiger partial charge in [-0.15, -0.1) is 5.10 Å². The maximum Gasteiger partial charge on any atom is 0.225 e. The molecule has 3 heterocycles. The maximum absolute atomic E-state index is 4.82. The summed E-state index contributed by atoms with van der Waals surface area (Å²) >= 11 is 1.73. The van der Waals surface area contributed by atoms with E-state index in [2.05, 4.69) is 30.8 Å². The molecule has 0 bridgehead atoms. The van der Waals surface area contributed by atoms with Crippen LogP contribution in [0.3, 0.4) is 0 Å². The lowest BCUT2D eigenvalue weighted by molar-refractivity contribution is 0.159. The number of rotatable bonds is 5. The van der Waals surface area contributed by atoms with Gasteiger partial charge in [0.25, 0.3) is 0 Å². The molecule has 32 heavy (non-hydrogen) atoms. The van der Waals surface area contributed by atoms with Gasteiger partial charge in [-0.1, -0.05) is 6.07 Å². The van der Waals surface area contributed by atoms with Crippen LogP contribution in [0.2, 0.25) is 0 Å². The number of benzene rings is 1. The third kappa shape index (κ3) is 3.57. The number of piperidine rings is 1. The molecular weight excluding hydrogens is 416 g/mol. The number of aromatic amines is 1. The molecule has 2 saturated heterocycles. The molecule has 1 saturated carbocycles. The van der Waals surface area contributed by atoms with Crippen LogP contribution >= 0.6 is 11.9 Å². The zero-order chi connectivity index (χ0) is 21.1. The Labute approximate surface area is 195 Å². The summed E-state index contributed by atoms with van der Waals surface area (Å²) in [5.74, 6) is 0.797. The first-order chi connectivity index (χ1) is 15.7. The predicted molar refractivity (Wildman–Crippen MR) is 128 cm³/mol. The highest BCUT2D eigenvalue weighted by atomic mass is 32.2. The van der Waals surface area contributed by atoms with Gasteiger partial charge in [0.15, 0.2) is 0 Å². The van der Waals surface area contributed by atoms with E-state index in [4.69, 9.17) is 4.98 Å². The van der Waals surface area contributed by atoms with Gasteiger partial charge >= 0.3 is 0 Å². The molecular formula is C25H34N6S. The van der Waals surface area contributed by atoms with Gasteiger partial charge in [-0.25, -0.2) is 9.40 Å². The van der Waals surface area contributed by atoms with Crippen molar-refractivity contribution in [2.24, 2.45) is 5.41 Å². The van der Waals surface area contributed by atoms with Crippen LogP contribution in [-0.2, 0) is 25.7 Å². The zero-order valence-electron chi connectivity index (χ0n) is 19.0. The lowest BCUT2D eigenvalue weighted by Gasteiger charge is -2.38. The van der Waals surface area contributed by atoms with Crippen molar-refractivity contribution in [2.45, 2.75) is 81.8 Å². The summed E-state index contributed by atoms with van der Waals surface area (Å²) in [6, 6.07) is 3.41. The van der Waals surface area contributed by atoms with Crippen molar-refractivity contribution in [3.63, 3.8) is 0 Å². The lowest BCUT2D eigenvalue weighted by atomic mass is 9.78. The van der Waals surface area contributed by atoms with Gasteiger partial charge in [0.1, 0.15) is 0 Å². The van der Waals surface area contributed by atoms with Crippen molar-refractivity contribution < 1.29 is 0 Å². The highest BCUT2D eigenvalue weighted by Crippen LogP contribution is 2.45. The molecule has 6 nitrogen and oxygen atoms in total. The minimum Gasteiger partial charge on any atom is -0.324 e. The van der Waals surface area contributed by atoms with Crippen LogP contribution in [0.4, 0.5) is 11.6 Å². The highest BCUT2D eigenvalue weighted by molar-refractivity contribution is 7.96. The fraction of sp³-hybridized carbons (Fsp3) is 0.680. The van der Waals surface area contributed by atoms with Crippen LogP contribution in [0.1, 0.15) is 67.2 Å². The summed E-state index contributed by atoms with van der Waals surface area (Å²) in [5.41, 5.74) is 8.07. The number of hydrogen-bond donors (Lipinski definition) is 2. The van der Waals surface area contributed by atoms with E-state index in [0.717, 1.165) is 30.2 Å². The Balaban J connectivity index is 1.01. The summed E-state index contributed by atoms with van der Waals surface area (Å²) in [7, 11) is 0. The molecule has 3 fully saturated rings. The topological polar surface area (TPSA) is 60.1 Å². The molecule has 2 aliphatic heterocycles. The number of fused-ring (bicyclic) bond motifs is 2. The van der Waals surface area contributed by atoms with Crippen LogP contribution in [0.5, 0.6) is 0 Å². The first-order valence-corrected chi connectivity index (χ1v) is 13.5. The third-order valence-corrected chi connectivity index (χ3v) is 9.68. The highest BCUT2D eigenvalue weighted by Gasteiger charge is 2.44. The average molecular weight is 451 g/mol. The molecule has 3 aliphatic carbocycles. The first kappa shape index (κ1) is 19.9. The minimum absolute atomic E-state index is 0.583. The van der Waals surface area contributed by atoms with Gasteiger partial charge in [-0.05, 0) is 105 Å². The van der Waals surface area contributed by atoms with Crippen molar-refractivity contribution in [1.29, 1.82) is 0 Å². The van der Waals surface area contributed by atoms with Gasteiger partial charge in [-0.2, -0.15) is 4.98 Å². The number of H-pyrrole nitrogens is 1. The normalized spacial score (nSPS) is 24.9.